The summed E-state index contributed by atoms with van der Waals surface area (Å²) >= 11 is 0. The summed E-state index contributed by atoms with van der Waals surface area (Å²) in [5.41, 5.74) is 2.88. The van der Waals surface area contributed by atoms with Crippen LogP contribution in [0, 0.1) is 0 Å². The molecule has 106 valence electrons. The van der Waals surface area contributed by atoms with E-state index in [1.54, 1.807) is 0 Å². The quantitative estimate of drug-likeness (QED) is 0.661. The lowest BCUT2D eigenvalue weighted by Gasteiger charge is -2.19. The number of imidazole rings is 1. The molecule has 1 aliphatic rings. The molecule has 2 heterocycles. The summed E-state index contributed by atoms with van der Waals surface area (Å²) in [5, 5.41) is 2.82. The Bertz CT molecular complexity index is 741. The molecule has 0 spiro atoms. The molecule has 0 aliphatic carbocycles. The molecule has 4 rings (SSSR count). The zero-order valence-electron chi connectivity index (χ0n) is 12.1. The van der Waals surface area contributed by atoms with Crippen molar-refractivity contribution < 1.29 is 0 Å². The first-order valence-electron chi connectivity index (χ1n) is 7.63. The van der Waals surface area contributed by atoms with Crippen molar-refractivity contribution in [3.63, 3.8) is 0 Å². The SMILES string of the molecule is c1cc2c3c(cccc3c1)N(CCCCn1ccnc1)C2. The molecule has 21 heavy (non-hydrogen) atoms. The van der Waals surface area contributed by atoms with Crippen LogP contribution < -0.4 is 4.90 Å². The molecule has 2 aromatic carbocycles. The van der Waals surface area contributed by atoms with Crippen molar-refractivity contribution in [2.75, 3.05) is 11.4 Å². The second-order valence-electron chi connectivity index (χ2n) is 5.72. The number of nitrogens with zero attached hydrogens (tertiary/aromatic N) is 3. The Morgan fingerprint density at radius 1 is 1.00 bits per heavy atom. The third kappa shape index (κ3) is 2.29. The Morgan fingerprint density at radius 2 is 1.86 bits per heavy atom. The van der Waals surface area contributed by atoms with Crippen LogP contribution in [0.2, 0.25) is 0 Å². The average molecular weight is 277 g/mol. The Labute approximate surface area is 124 Å². The maximum atomic E-state index is 4.08. The molecule has 0 N–H and O–H groups in total. The minimum atomic E-state index is 1.06. The number of rotatable bonds is 5. The van der Waals surface area contributed by atoms with Gasteiger partial charge in [-0.3, -0.25) is 0 Å². The van der Waals surface area contributed by atoms with Crippen molar-refractivity contribution in [3.8, 4) is 0 Å². The third-order valence-corrected chi connectivity index (χ3v) is 4.32. The number of anilines is 1. The fourth-order valence-corrected chi connectivity index (χ4v) is 3.30. The summed E-state index contributed by atoms with van der Waals surface area (Å²) in [7, 11) is 0. The topological polar surface area (TPSA) is 21.1 Å². The number of hydrogen-bond donors (Lipinski definition) is 0. The van der Waals surface area contributed by atoms with E-state index in [1.807, 2.05) is 18.7 Å². The highest BCUT2D eigenvalue weighted by atomic mass is 15.1. The molecule has 3 aromatic rings. The van der Waals surface area contributed by atoms with E-state index in [-0.39, 0.29) is 0 Å². The minimum Gasteiger partial charge on any atom is -0.367 e. The van der Waals surface area contributed by atoms with Crippen LogP contribution in [0.5, 0.6) is 0 Å². The zero-order valence-corrected chi connectivity index (χ0v) is 12.1. The molecule has 0 amide bonds. The van der Waals surface area contributed by atoms with E-state index in [0.717, 1.165) is 19.6 Å². The van der Waals surface area contributed by atoms with Crippen molar-refractivity contribution >= 4 is 16.5 Å². The molecule has 3 nitrogen and oxygen atoms in total. The summed E-state index contributed by atoms with van der Waals surface area (Å²) in [6, 6.07) is 13.3. The van der Waals surface area contributed by atoms with Crippen molar-refractivity contribution in [3.05, 3.63) is 60.7 Å². The van der Waals surface area contributed by atoms with Gasteiger partial charge in [0.05, 0.1) is 6.33 Å². The van der Waals surface area contributed by atoms with Crippen LogP contribution >= 0.6 is 0 Å². The monoisotopic (exact) mass is 277 g/mol. The Kier molecular flexibility index (Phi) is 3.11. The van der Waals surface area contributed by atoms with Gasteiger partial charge in [0.15, 0.2) is 0 Å². The summed E-state index contributed by atoms with van der Waals surface area (Å²) in [6.07, 6.45) is 8.18. The van der Waals surface area contributed by atoms with Crippen molar-refractivity contribution in [1.29, 1.82) is 0 Å². The van der Waals surface area contributed by atoms with Crippen molar-refractivity contribution in [1.82, 2.24) is 9.55 Å². The van der Waals surface area contributed by atoms with E-state index in [1.165, 1.54) is 34.9 Å². The normalized spacial score (nSPS) is 13.2. The van der Waals surface area contributed by atoms with Gasteiger partial charge in [0, 0.05) is 43.1 Å². The molecular weight excluding hydrogens is 258 g/mol. The molecule has 1 aromatic heterocycles. The van der Waals surface area contributed by atoms with E-state index in [0.29, 0.717) is 0 Å². The van der Waals surface area contributed by atoms with E-state index < -0.39 is 0 Å². The number of unbranched alkanes of at least 4 members (excludes halogenated alkanes) is 1. The molecular formula is C18H19N3. The molecule has 0 atom stereocenters. The maximum absolute atomic E-state index is 4.08. The van der Waals surface area contributed by atoms with E-state index >= 15 is 0 Å². The maximum Gasteiger partial charge on any atom is 0.0945 e. The number of benzene rings is 2. The first-order chi connectivity index (χ1) is 10.4. The summed E-state index contributed by atoms with van der Waals surface area (Å²) in [4.78, 5) is 6.60. The van der Waals surface area contributed by atoms with Gasteiger partial charge in [-0.05, 0) is 29.9 Å². The molecule has 0 bridgehead atoms. The van der Waals surface area contributed by atoms with Gasteiger partial charge in [-0.25, -0.2) is 4.98 Å². The van der Waals surface area contributed by atoms with Crippen LogP contribution in [0.4, 0.5) is 5.69 Å². The molecule has 0 fully saturated rings. The highest BCUT2D eigenvalue weighted by Crippen LogP contribution is 2.37. The molecule has 0 radical (unpaired) electrons. The highest BCUT2D eigenvalue weighted by Gasteiger charge is 2.19. The second kappa shape index (κ2) is 5.24. The van der Waals surface area contributed by atoms with Gasteiger partial charge in [-0.1, -0.05) is 30.3 Å². The van der Waals surface area contributed by atoms with Crippen LogP contribution in [-0.4, -0.2) is 16.1 Å². The fraction of sp³-hybridized carbons (Fsp3) is 0.278. The lowest BCUT2D eigenvalue weighted by Crippen LogP contribution is -2.20. The fourth-order valence-electron chi connectivity index (χ4n) is 3.30. The van der Waals surface area contributed by atoms with Crippen LogP contribution in [0.15, 0.2) is 55.1 Å². The van der Waals surface area contributed by atoms with Crippen molar-refractivity contribution in [2.24, 2.45) is 0 Å². The minimum absolute atomic E-state index is 1.06. The summed E-state index contributed by atoms with van der Waals surface area (Å²) in [6.45, 7) is 3.25. The summed E-state index contributed by atoms with van der Waals surface area (Å²) in [5.74, 6) is 0. The Morgan fingerprint density at radius 3 is 2.71 bits per heavy atom. The van der Waals surface area contributed by atoms with E-state index in [2.05, 4.69) is 50.8 Å². The van der Waals surface area contributed by atoms with Gasteiger partial charge >= 0.3 is 0 Å². The smallest absolute Gasteiger partial charge is 0.0945 e. The Balaban J connectivity index is 1.43. The highest BCUT2D eigenvalue weighted by molar-refractivity contribution is 5.99. The lowest BCUT2D eigenvalue weighted by atomic mass is 10.1. The number of aryl methyl sites for hydroxylation is 1. The zero-order chi connectivity index (χ0) is 14.1. The molecule has 0 saturated carbocycles. The van der Waals surface area contributed by atoms with Gasteiger partial charge in [-0.2, -0.15) is 0 Å². The van der Waals surface area contributed by atoms with E-state index in [4.69, 9.17) is 0 Å². The van der Waals surface area contributed by atoms with Gasteiger partial charge in [-0.15, -0.1) is 0 Å². The molecule has 0 saturated heterocycles. The summed E-state index contributed by atoms with van der Waals surface area (Å²) < 4.78 is 2.15. The second-order valence-corrected chi connectivity index (χ2v) is 5.72. The number of aromatic nitrogens is 2. The van der Waals surface area contributed by atoms with Crippen LogP contribution in [0.25, 0.3) is 10.8 Å². The Hall–Kier alpha value is -2.29. The third-order valence-electron chi connectivity index (χ3n) is 4.32. The van der Waals surface area contributed by atoms with Crippen molar-refractivity contribution in [2.45, 2.75) is 25.9 Å². The average Bonchev–Trinajstić information content (AvgIpc) is 3.14. The standard InChI is InChI=1S/C18H19N3/c1(10-20-12-9-19-14-20)2-11-21-13-16-7-3-5-15-6-4-8-17(21)18(15)16/h3-9,12,14H,1-2,10-11,13H2. The molecule has 1 aliphatic heterocycles. The van der Waals surface area contributed by atoms with Gasteiger partial charge in [0.1, 0.15) is 0 Å². The van der Waals surface area contributed by atoms with Gasteiger partial charge < -0.3 is 9.47 Å². The van der Waals surface area contributed by atoms with E-state index in [9.17, 15) is 0 Å². The van der Waals surface area contributed by atoms with Crippen LogP contribution in [0.1, 0.15) is 18.4 Å². The lowest BCUT2D eigenvalue weighted by molar-refractivity contribution is 0.599. The first kappa shape index (κ1) is 12.5. The number of hydrogen-bond acceptors (Lipinski definition) is 2. The predicted molar refractivity (Wildman–Crippen MR) is 86.5 cm³/mol. The molecule has 0 unspecified atom stereocenters. The van der Waals surface area contributed by atoms with Crippen LogP contribution in [0.3, 0.4) is 0 Å². The first-order valence-corrected chi connectivity index (χ1v) is 7.63. The largest absolute Gasteiger partial charge is 0.367 e. The van der Waals surface area contributed by atoms with Crippen LogP contribution in [-0.2, 0) is 13.1 Å². The van der Waals surface area contributed by atoms with Gasteiger partial charge in [0.25, 0.3) is 0 Å². The van der Waals surface area contributed by atoms with Gasteiger partial charge in [0.2, 0.25) is 0 Å². The predicted octanol–water partition coefficient (Wildman–Crippen LogP) is 3.84. The molecule has 3 heteroatoms.